The fourth-order valence-corrected chi connectivity index (χ4v) is 1.55. The van der Waals surface area contributed by atoms with Crippen LogP contribution in [0.5, 0.6) is 11.5 Å². The molecule has 0 saturated heterocycles. The molecule has 1 atom stereocenters. The van der Waals surface area contributed by atoms with E-state index in [0.717, 1.165) is 22.6 Å². The molecule has 1 heterocycles. The molecule has 1 aliphatic heterocycles. The fraction of sp³-hybridized carbons (Fsp3) is 0.400. The van der Waals surface area contributed by atoms with Crippen LogP contribution in [0.3, 0.4) is 0 Å². The second-order valence-corrected chi connectivity index (χ2v) is 3.35. The Kier molecular flexibility index (Phi) is 1.88. The van der Waals surface area contributed by atoms with E-state index < -0.39 is 0 Å². The van der Waals surface area contributed by atoms with Crippen molar-refractivity contribution < 1.29 is 9.47 Å². The van der Waals surface area contributed by atoms with Gasteiger partial charge in [0.25, 0.3) is 0 Å². The highest BCUT2D eigenvalue weighted by atomic mass is 16.7. The first-order valence-corrected chi connectivity index (χ1v) is 4.34. The van der Waals surface area contributed by atoms with Crippen LogP contribution in [0.15, 0.2) is 12.1 Å². The zero-order chi connectivity index (χ0) is 9.42. The van der Waals surface area contributed by atoms with Gasteiger partial charge in [0.05, 0.1) is 0 Å². The van der Waals surface area contributed by atoms with E-state index >= 15 is 0 Å². The highest BCUT2D eigenvalue weighted by Crippen LogP contribution is 2.35. The summed E-state index contributed by atoms with van der Waals surface area (Å²) in [6.45, 7) is 4.31. The lowest BCUT2D eigenvalue weighted by atomic mass is 10.0. The standard InChI is InChI=1S/C10H13NO2/c1-6-3-9-10(13-5-12-9)4-8(6)7(2)11/h3-4,7H,5,11H2,1-2H3/t7-/m1/s1. The Morgan fingerprint density at radius 3 is 2.54 bits per heavy atom. The van der Waals surface area contributed by atoms with E-state index in [-0.39, 0.29) is 6.04 Å². The normalized spacial score (nSPS) is 15.9. The molecule has 2 rings (SSSR count). The van der Waals surface area contributed by atoms with Gasteiger partial charge in [-0.1, -0.05) is 0 Å². The maximum Gasteiger partial charge on any atom is 0.231 e. The number of nitrogens with two attached hydrogens (primary N) is 1. The molecule has 0 aromatic heterocycles. The van der Waals surface area contributed by atoms with Crippen LogP contribution in [0.1, 0.15) is 24.1 Å². The number of hydrogen-bond donors (Lipinski definition) is 1. The zero-order valence-corrected chi connectivity index (χ0v) is 7.83. The molecule has 1 aromatic rings. The van der Waals surface area contributed by atoms with Crippen LogP contribution >= 0.6 is 0 Å². The molecule has 1 aromatic carbocycles. The second kappa shape index (κ2) is 2.92. The van der Waals surface area contributed by atoms with Crippen molar-refractivity contribution >= 4 is 0 Å². The average Bonchev–Trinajstić information content (AvgIpc) is 2.48. The van der Waals surface area contributed by atoms with Crippen molar-refractivity contribution in [2.45, 2.75) is 19.9 Å². The van der Waals surface area contributed by atoms with Crippen LogP contribution in [0, 0.1) is 6.92 Å². The molecular formula is C10H13NO2. The van der Waals surface area contributed by atoms with E-state index in [1.165, 1.54) is 0 Å². The number of hydrogen-bond acceptors (Lipinski definition) is 3. The minimum Gasteiger partial charge on any atom is -0.454 e. The molecule has 70 valence electrons. The van der Waals surface area contributed by atoms with Crippen molar-refractivity contribution in [1.29, 1.82) is 0 Å². The van der Waals surface area contributed by atoms with Gasteiger partial charge in [0.1, 0.15) is 0 Å². The Labute approximate surface area is 77.5 Å². The number of rotatable bonds is 1. The van der Waals surface area contributed by atoms with Crippen LogP contribution in [0.25, 0.3) is 0 Å². The Morgan fingerprint density at radius 2 is 1.92 bits per heavy atom. The lowest BCUT2D eigenvalue weighted by Crippen LogP contribution is -2.06. The van der Waals surface area contributed by atoms with E-state index in [1.807, 2.05) is 26.0 Å². The molecule has 0 saturated carbocycles. The predicted molar refractivity (Wildman–Crippen MR) is 49.9 cm³/mol. The monoisotopic (exact) mass is 179 g/mol. The Hall–Kier alpha value is -1.22. The number of aryl methyl sites for hydroxylation is 1. The molecule has 0 radical (unpaired) electrons. The van der Waals surface area contributed by atoms with Crippen molar-refractivity contribution in [2.75, 3.05) is 6.79 Å². The summed E-state index contributed by atoms with van der Waals surface area (Å²) in [4.78, 5) is 0. The minimum absolute atomic E-state index is 0.0366. The van der Waals surface area contributed by atoms with Gasteiger partial charge in [-0.3, -0.25) is 0 Å². The summed E-state index contributed by atoms with van der Waals surface area (Å²) >= 11 is 0. The highest BCUT2D eigenvalue weighted by Gasteiger charge is 2.16. The zero-order valence-electron chi connectivity index (χ0n) is 7.83. The maximum absolute atomic E-state index is 5.81. The number of ether oxygens (including phenoxy) is 2. The molecule has 0 spiro atoms. The SMILES string of the molecule is Cc1cc2c(cc1[C@@H](C)N)OCO2. The van der Waals surface area contributed by atoms with Gasteiger partial charge in [-0.15, -0.1) is 0 Å². The van der Waals surface area contributed by atoms with E-state index in [2.05, 4.69) is 0 Å². The van der Waals surface area contributed by atoms with E-state index in [0.29, 0.717) is 6.79 Å². The van der Waals surface area contributed by atoms with Crippen LogP contribution in [-0.4, -0.2) is 6.79 Å². The van der Waals surface area contributed by atoms with Crippen molar-refractivity contribution in [3.8, 4) is 11.5 Å². The summed E-state index contributed by atoms with van der Waals surface area (Å²) in [5.74, 6) is 1.62. The first-order chi connectivity index (χ1) is 6.18. The van der Waals surface area contributed by atoms with Gasteiger partial charge in [-0.2, -0.15) is 0 Å². The lowest BCUT2D eigenvalue weighted by molar-refractivity contribution is 0.174. The van der Waals surface area contributed by atoms with Gasteiger partial charge in [0.15, 0.2) is 11.5 Å². The summed E-state index contributed by atoms with van der Waals surface area (Å²) in [5.41, 5.74) is 8.08. The Bertz CT molecular complexity index is 334. The van der Waals surface area contributed by atoms with E-state index in [9.17, 15) is 0 Å². The number of fused-ring (bicyclic) bond motifs is 1. The first kappa shape index (κ1) is 8.38. The highest BCUT2D eigenvalue weighted by molar-refractivity contribution is 5.49. The van der Waals surface area contributed by atoms with Crippen LogP contribution < -0.4 is 15.2 Å². The van der Waals surface area contributed by atoms with Crippen molar-refractivity contribution in [3.63, 3.8) is 0 Å². The molecule has 2 N–H and O–H groups in total. The van der Waals surface area contributed by atoms with Gasteiger partial charge in [0.2, 0.25) is 6.79 Å². The average molecular weight is 179 g/mol. The van der Waals surface area contributed by atoms with Crippen molar-refractivity contribution in [2.24, 2.45) is 5.73 Å². The lowest BCUT2D eigenvalue weighted by Gasteiger charge is -2.10. The Balaban J connectivity index is 2.49. The van der Waals surface area contributed by atoms with Crippen molar-refractivity contribution in [3.05, 3.63) is 23.3 Å². The third-order valence-corrected chi connectivity index (χ3v) is 2.25. The minimum atomic E-state index is 0.0366. The van der Waals surface area contributed by atoms with Crippen LogP contribution in [0.4, 0.5) is 0 Å². The first-order valence-electron chi connectivity index (χ1n) is 4.34. The molecule has 3 heteroatoms. The Morgan fingerprint density at radius 1 is 1.31 bits per heavy atom. The molecule has 0 fully saturated rings. The topological polar surface area (TPSA) is 44.5 Å². The smallest absolute Gasteiger partial charge is 0.231 e. The van der Waals surface area contributed by atoms with Crippen molar-refractivity contribution in [1.82, 2.24) is 0 Å². The molecule has 3 nitrogen and oxygen atoms in total. The summed E-state index contributed by atoms with van der Waals surface area (Å²) in [6.07, 6.45) is 0. The fourth-order valence-electron chi connectivity index (χ4n) is 1.55. The van der Waals surface area contributed by atoms with Crippen LogP contribution in [0.2, 0.25) is 0 Å². The molecule has 0 amide bonds. The maximum atomic E-state index is 5.81. The van der Waals surface area contributed by atoms with E-state index in [1.54, 1.807) is 0 Å². The van der Waals surface area contributed by atoms with E-state index in [4.69, 9.17) is 15.2 Å². The summed E-state index contributed by atoms with van der Waals surface area (Å²) in [5, 5.41) is 0. The summed E-state index contributed by atoms with van der Waals surface area (Å²) in [7, 11) is 0. The molecule has 0 aliphatic carbocycles. The molecule has 13 heavy (non-hydrogen) atoms. The largest absolute Gasteiger partial charge is 0.454 e. The molecule has 0 bridgehead atoms. The number of benzene rings is 1. The van der Waals surface area contributed by atoms with Gasteiger partial charge < -0.3 is 15.2 Å². The van der Waals surface area contributed by atoms with Crippen LogP contribution in [-0.2, 0) is 0 Å². The third kappa shape index (κ3) is 1.35. The molecule has 0 unspecified atom stereocenters. The van der Waals surface area contributed by atoms with Gasteiger partial charge in [-0.05, 0) is 37.1 Å². The molecular weight excluding hydrogens is 166 g/mol. The third-order valence-electron chi connectivity index (χ3n) is 2.25. The quantitative estimate of drug-likeness (QED) is 0.714. The predicted octanol–water partition coefficient (Wildman–Crippen LogP) is 1.74. The summed E-state index contributed by atoms with van der Waals surface area (Å²) in [6, 6.07) is 3.97. The second-order valence-electron chi connectivity index (χ2n) is 3.35. The van der Waals surface area contributed by atoms with Gasteiger partial charge in [-0.25, -0.2) is 0 Å². The summed E-state index contributed by atoms with van der Waals surface area (Å²) < 4.78 is 10.5. The van der Waals surface area contributed by atoms with Gasteiger partial charge >= 0.3 is 0 Å². The molecule has 1 aliphatic rings. The van der Waals surface area contributed by atoms with Gasteiger partial charge in [0, 0.05) is 6.04 Å².